The minimum atomic E-state index is -3.72. The summed E-state index contributed by atoms with van der Waals surface area (Å²) in [6.07, 6.45) is 1.92. The standard InChI is InChI=1S/C27H26N4O3S/c1-27(2,3)31-35(33,34)25-7-5-4-6-22(25)19-9-11-21(12-10-19)30-26(32)15-20-17-29-24-13-8-18(16-28)14-23(20)24/h4-14,17,29,31H,15H2,1-3H3,(H,30,32). The zero-order valence-corrected chi connectivity index (χ0v) is 20.5. The number of hydrogen-bond acceptors (Lipinski definition) is 4. The predicted octanol–water partition coefficient (Wildman–Crippen LogP) is 4.96. The Morgan fingerprint density at radius 3 is 2.43 bits per heavy atom. The summed E-state index contributed by atoms with van der Waals surface area (Å²) in [5, 5.41) is 12.9. The molecule has 35 heavy (non-hydrogen) atoms. The molecule has 0 fully saturated rings. The van der Waals surface area contributed by atoms with Gasteiger partial charge in [0.05, 0.1) is 22.9 Å². The SMILES string of the molecule is CC(C)(C)NS(=O)(=O)c1ccccc1-c1ccc(NC(=O)Cc2c[nH]c3ccc(C#N)cc23)cc1. The molecule has 8 heteroatoms. The molecule has 1 heterocycles. The third-order valence-corrected chi connectivity index (χ3v) is 7.16. The van der Waals surface area contributed by atoms with Crippen molar-refractivity contribution in [2.45, 2.75) is 37.6 Å². The topological polar surface area (TPSA) is 115 Å². The number of sulfonamides is 1. The molecule has 0 bridgehead atoms. The van der Waals surface area contributed by atoms with Crippen LogP contribution in [0.25, 0.3) is 22.0 Å². The van der Waals surface area contributed by atoms with Gasteiger partial charge in [-0.15, -0.1) is 0 Å². The van der Waals surface area contributed by atoms with Crippen LogP contribution in [0, 0.1) is 11.3 Å². The lowest BCUT2D eigenvalue weighted by Crippen LogP contribution is -2.40. The number of aromatic nitrogens is 1. The van der Waals surface area contributed by atoms with Crippen LogP contribution >= 0.6 is 0 Å². The van der Waals surface area contributed by atoms with Crippen molar-refractivity contribution in [3.8, 4) is 17.2 Å². The van der Waals surface area contributed by atoms with Crippen LogP contribution in [0.2, 0.25) is 0 Å². The predicted molar refractivity (Wildman–Crippen MR) is 137 cm³/mol. The number of carbonyl (C=O) groups excluding carboxylic acids is 1. The van der Waals surface area contributed by atoms with E-state index in [1.165, 1.54) is 0 Å². The maximum Gasteiger partial charge on any atom is 0.241 e. The maximum atomic E-state index is 13.0. The Labute approximate surface area is 204 Å². The Morgan fingerprint density at radius 2 is 1.74 bits per heavy atom. The summed E-state index contributed by atoms with van der Waals surface area (Å²) < 4.78 is 28.6. The molecule has 0 aliphatic heterocycles. The van der Waals surface area contributed by atoms with Crippen LogP contribution in [0.5, 0.6) is 0 Å². The number of H-pyrrole nitrogens is 1. The van der Waals surface area contributed by atoms with Gasteiger partial charge in [0, 0.05) is 33.9 Å². The molecule has 178 valence electrons. The van der Waals surface area contributed by atoms with E-state index in [2.05, 4.69) is 21.1 Å². The van der Waals surface area contributed by atoms with E-state index < -0.39 is 15.6 Å². The summed E-state index contributed by atoms with van der Waals surface area (Å²) in [5.74, 6) is -0.196. The molecule has 0 atom stereocenters. The Bertz CT molecular complexity index is 1540. The lowest BCUT2D eigenvalue weighted by atomic mass is 10.1. The van der Waals surface area contributed by atoms with Gasteiger partial charge in [-0.2, -0.15) is 5.26 Å². The molecule has 0 saturated heterocycles. The number of amides is 1. The number of hydrogen-bond donors (Lipinski definition) is 3. The molecule has 1 amide bonds. The van der Waals surface area contributed by atoms with Gasteiger partial charge in [0.25, 0.3) is 0 Å². The van der Waals surface area contributed by atoms with Gasteiger partial charge in [-0.1, -0.05) is 30.3 Å². The van der Waals surface area contributed by atoms with E-state index >= 15 is 0 Å². The zero-order valence-electron chi connectivity index (χ0n) is 19.7. The largest absolute Gasteiger partial charge is 0.361 e. The van der Waals surface area contributed by atoms with Gasteiger partial charge in [-0.05, 0) is 68.3 Å². The number of benzene rings is 3. The molecule has 3 N–H and O–H groups in total. The Kier molecular flexibility index (Phi) is 6.48. The van der Waals surface area contributed by atoms with Crippen molar-refractivity contribution in [1.82, 2.24) is 9.71 Å². The minimum absolute atomic E-state index is 0.149. The van der Waals surface area contributed by atoms with Crippen molar-refractivity contribution in [3.05, 3.63) is 84.1 Å². The van der Waals surface area contributed by atoms with E-state index in [0.29, 0.717) is 16.8 Å². The summed E-state index contributed by atoms with van der Waals surface area (Å²) in [5.41, 5.74) is 3.50. The Hall–Kier alpha value is -3.93. The molecule has 4 aromatic rings. The molecule has 0 radical (unpaired) electrons. The van der Waals surface area contributed by atoms with Gasteiger partial charge in [-0.3, -0.25) is 4.79 Å². The maximum absolute atomic E-state index is 13.0. The summed E-state index contributed by atoms with van der Waals surface area (Å²) in [6.45, 7) is 5.38. The molecular weight excluding hydrogens is 460 g/mol. The number of nitrogens with zero attached hydrogens (tertiary/aromatic N) is 1. The van der Waals surface area contributed by atoms with Crippen molar-refractivity contribution in [1.29, 1.82) is 5.26 Å². The smallest absolute Gasteiger partial charge is 0.241 e. The molecule has 0 spiro atoms. The second-order valence-electron chi connectivity index (χ2n) is 9.34. The van der Waals surface area contributed by atoms with Gasteiger partial charge in [-0.25, -0.2) is 13.1 Å². The van der Waals surface area contributed by atoms with E-state index in [1.807, 2.05) is 6.07 Å². The molecular formula is C27H26N4O3S. The van der Waals surface area contributed by atoms with Crippen LogP contribution in [-0.4, -0.2) is 24.8 Å². The van der Waals surface area contributed by atoms with E-state index in [1.54, 1.807) is 87.6 Å². The first-order chi connectivity index (χ1) is 16.6. The van der Waals surface area contributed by atoms with Crippen LogP contribution in [0.3, 0.4) is 0 Å². The van der Waals surface area contributed by atoms with Crippen LogP contribution < -0.4 is 10.0 Å². The van der Waals surface area contributed by atoms with E-state index in [4.69, 9.17) is 5.26 Å². The summed E-state index contributed by atoms with van der Waals surface area (Å²) in [6, 6.07) is 21.3. The average Bonchev–Trinajstić information content (AvgIpc) is 3.19. The number of nitrogens with one attached hydrogen (secondary N) is 3. The third kappa shape index (κ3) is 5.60. The number of rotatable bonds is 6. The molecule has 1 aromatic heterocycles. The second kappa shape index (κ2) is 9.37. The highest BCUT2D eigenvalue weighted by molar-refractivity contribution is 7.89. The average molecular weight is 487 g/mol. The highest BCUT2D eigenvalue weighted by atomic mass is 32.2. The molecule has 3 aromatic carbocycles. The van der Waals surface area contributed by atoms with Crippen molar-refractivity contribution < 1.29 is 13.2 Å². The van der Waals surface area contributed by atoms with Crippen molar-refractivity contribution in [3.63, 3.8) is 0 Å². The van der Waals surface area contributed by atoms with Gasteiger partial charge in [0.2, 0.25) is 15.9 Å². The van der Waals surface area contributed by atoms with Gasteiger partial charge < -0.3 is 10.3 Å². The van der Waals surface area contributed by atoms with E-state index in [-0.39, 0.29) is 17.2 Å². The molecule has 7 nitrogen and oxygen atoms in total. The zero-order chi connectivity index (χ0) is 25.2. The number of nitriles is 1. The summed E-state index contributed by atoms with van der Waals surface area (Å²) in [7, 11) is -3.72. The Balaban J connectivity index is 1.52. The monoisotopic (exact) mass is 486 g/mol. The van der Waals surface area contributed by atoms with Crippen molar-refractivity contribution in [2.75, 3.05) is 5.32 Å². The quantitative estimate of drug-likeness (QED) is 0.357. The van der Waals surface area contributed by atoms with Gasteiger partial charge in [0.15, 0.2) is 0 Å². The fraction of sp³-hybridized carbons (Fsp3) is 0.185. The molecule has 0 saturated carbocycles. The lowest BCUT2D eigenvalue weighted by molar-refractivity contribution is -0.115. The van der Waals surface area contributed by atoms with Crippen LogP contribution in [0.1, 0.15) is 31.9 Å². The fourth-order valence-corrected chi connectivity index (χ4v) is 5.55. The summed E-state index contributed by atoms with van der Waals surface area (Å²) in [4.78, 5) is 16.0. The number of fused-ring (bicyclic) bond motifs is 1. The first-order valence-electron chi connectivity index (χ1n) is 11.1. The number of carbonyl (C=O) groups is 1. The summed E-state index contributed by atoms with van der Waals surface area (Å²) >= 11 is 0. The van der Waals surface area contributed by atoms with Crippen LogP contribution in [-0.2, 0) is 21.2 Å². The fourth-order valence-electron chi connectivity index (χ4n) is 3.90. The van der Waals surface area contributed by atoms with Crippen molar-refractivity contribution in [2.24, 2.45) is 0 Å². The van der Waals surface area contributed by atoms with Crippen LogP contribution in [0.4, 0.5) is 5.69 Å². The molecule has 0 unspecified atom stereocenters. The second-order valence-corrected chi connectivity index (χ2v) is 11.0. The highest BCUT2D eigenvalue weighted by Crippen LogP contribution is 2.29. The Morgan fingerprint density at radius 1 is 1.03 bits per heavy atom. The normalized spacial score (nSPS) is 11.8. The highest BCUT2D eigenvalue weighted by Gasteiger charge is 2.24. The number of aromatic amines is 1. The van der Waals surface area contributed by atoms with E-state index in [0.717, 1.165) is 22.0 Å². The minimum Gasteiger partial charge on any atom is -0.361 e. The van der Waals surface area contributed by atoms with Gasteiger partial charge in [0.1, 0.15) is 0 Å². The molecule has 0 aliphatic carbocycles. The first kappa shape index (κ1) is 24.2. The molecule has 0 aliphatic rings. The lowest BCUT2D eigenvalue weighted by Gasteiger charge is -2.21. The van der Waals surface area contributed by atoms with Gasteiger partial charge >= 0.3 is 0 Å². The van der Waals surface area contributed by atoms with E-state index in [9.17, 15) is 13.2 Å². The van der Waals surface area contributed by atoms with Crippen molar-refractivity contribution >= 4 is 32.5 Å². The first-order valence-corrected chi connectivity index (χ1v) is 12.6. The number of anilines is 1. The van der Waals surface area contributed by atoms with Crippen LogP contribution in [0.15, 0.2) is 77.8 Å². The third-order valence-electron chi connectivity index (χ3n) is 5.34. The molecule has 4 rings (SSSR count).